The van der Waals surface area contributed by atoms with Crippen LogP contribution in [0, 0.1) is 5.92 Å². The molecule has 0 spiro atoms. The zero-order valence-electron chi connectivity index (χ0n) is 15.9. The van der Waals surface area contributed by atoms with Crippen LogP contribution in [0.3, 0.4) is 0 Å². The molecule has 2 N–H and O–H groups in total. The van der Waals surface area contributed by atoms with Gasteiger partial charge in [-0.15, -0.1) is 0 Å². The van der Waals surface area contributed by atoms with E-state index in [1.54, 1.807) is 0 Å². The van der Waals surface area contributed by atoms with Gasteiger partial charge in [0.15, 0.2) is 0 Å². The average molecular weight is 364 g/mol. The lowest BCUT2D eigenvalue weighted by molar-refractivity contribution is -0.138. The lowest BCUT2D eigenvalue weighted by Crippen LogP contribution is -2.31. The number of aryl methyl sites for hydroxylation is 1. The van der Waals surface area contributed by atoms with E-state index >= 15 is 0 Å². The van der Waals surface area contributed by atoms with E-state index in [1.165, 1.54) is 36.1 Å². The first-order chi connectivity index (χ1) is 13.2. The smallest absolute Gasteiger partial charge is 0.307 e. The summed E-state index contributed by atoms with van der Waals surface area (Å²) in [6, 6.07) is 15.0. The molecule has 0 unspecified atom stereocenters. The van der Waals surface area contributed by atoms with Gasteiger partial charge in [-0.3, -0.25) is 4.79 Å². The van der Waals surface area contributed by atoms with Crippen LogP contribution in [0.15, 0.2) is 42.5 Å². The van der Waals surface area contributed by atoms with E-state index in [4.69, 9.17) is 5.11 Å². The molecule has 2 aromatic carbocycles. The highest BCUT2D eigenvalue weighted by Gasteiger charge is 2.43. The second-order valence-electron chi connectivity index (χ2n) is 7.78. The van der Waals surface area contributed by atoms with E-state index in [-0.39, 0.29) is 11.8 Å². The van der Waals surface area contributed by atoms with Crippen molar-refractivity contribution in [2.45, 2.75) is 45.1 Å². The molecule has 1 saturated carbocycles. The number of hydrogen-bond acceptors (Lipinski definition) is 3. The summed E-state index contributed by atoms with van der Waals surface area (Å²) >= 11 is 0. The third kappa shape index (κ3) is 3.80. The van der Waals surface area contributed by atoms with E-state index in [1.807, 2.05) is 0 Å². The molecule has 4 nitrogen and oxygen atoms in total. The van der Waals surface area contributed by atoms with Gasteiger partial charge in [0.2, 0.25) is 0 Å². The molecule has 0 amide bonds. The number of hydrogen-bond donors (Lipinski definition) is 2. The Hall–Kier alpha value is -2.49. The molecule has 1 aliphatic carbocycles. The molecule has 0 saturated heterocycles. The number of anilines is 2. The molecular weight excluding hydrogens is 336 g/mol. The van der Waals surface area contributed by atoms with Crippen LogP contribution >= 0.6 is 0 Å². The zero-order valence-corrected chi connectivity index (χ0v) is 15.9. The molecule has 1 aliphatic heterocycles. The Balaban J connectivity index is 1.44. The second kappa shape index (κ2) is 7.63. The lowest BCUT2D eigenvalue weighted by atomic mass is 9.97. The summed E-state index contributed by atoms with van der Waals surface area (Å²) in [5, 5.41) is 12.6. The molecule has 1 heterocycles. The van der Waals surface area contributed by atoms with E-state index in [2.05, 4.69) is 59.6 Å². The molecule has 27 heavy (non-hydrogen) atoms. The maximum absolute atomic E-state index is 11.0. The summed E-state index contributed by atoms with van der Waals surface area (Å²) < 4.78 is 0. The highest BCUT2D eigenvalue weighted by molar-refractivity contribution is 5.75. The molecule has 0 radical (unpaired) electrons. The van der Waals surface area contributed by atoms with Gasteiger partial charge in [0.1, 0.15) is 0 Å². The maximum atomic E-state index is 11.0. The summed E-state index contributed by atoms with van der Waals surface area (Å²) in [4.78, 5) is 13.6. The Morgan fingerprint density at radius 1 is 1.22 bits per heavy atom. The van der Waals surface area contributed by atoms with Gasteiger partial charge in [0, 0.05) is 31.0 Å². The summed E-state index contributed by atoms with van der Waals surface area (Å²) in [7, 11) is 0. The van der Waals surface area contributed by atoms with Crippen LogP contribution in [0.4, 0.5) is 11.4 Å². The highest BCUT2D eigenvalue weighted by atomic mass is 16.4. The topological polar surface area (TPSA) is 52.6 Å². The Bertz CT molecular complexity index is 816. The molecular formula is C23H28N2O2. The molecule has 2 atom stereocenters. The predicted octanol–water partition coefficient (Wildman–Crippen LogP) is 4.65. The minimum absolute atomic E-state index is 0.191. The van der Waals surface area contributed by atoms with Crippen molar-refractivity contribution in [1.82, 2.24) is 0 Å². The van der Waals surface area contributed by atoms with Gasteiger partial charge in [-0.25, -0.2) is 0 Å². The van der Waals surface area contributed by atoms with Crippen molar-refractivity contribution < 1.29 is 9.90 Å². The third-order valence-corrected chi connectivity index (χ3v) is 5.82. The molecule has 2 aromatic rings. The van der Waals surface area contributed by atoms with E-state index in [0.29, 0.717) is 0 Å². The number of nitrogens with zero attached hydrogens (tertiary/aromatic N) is 1. The van der Waals surface area contributed by atoms with Crippen molar-refractivity contribution >= 4 is 17.3 Å². The van der Waals surface area contributed by atoms with Crippen LogP contribution in [0.1, 0.15) is 48.8 Å². The molecule has 2 aliphatic rings. The van der Waals surface area contributed by atoms with Crippen LogP contribution in [-0.4, -0.2) is 24.2 Å². The van der Waals surface area contributed by atoms with E-state index in [9.17, 15) is 4.79 Å². The third-order valence-electron chi connectivity index (χ3n) is 5.82. The fraction of sp³-hybridized carbons (Fsp3) is 0.435. The minimum atomic E-state index is -0.673. The fourth-order valence-corrected chi connectivity index (χ4v) is 4.34. The monoisotopic (exact) mass is 364 g/mol. The average Bonchev–Trinajstić information content (AvgIpc) is 3.48. The van der Waals surface area contributed by atoms with Crippen molar-refractivity contribution in [3.8, 4) is 0 Å². The van der Waals surface area contributed by atoms with Crippen molar-refractivity contribution in [3.05, 3.63) is 59.2 Å². The van der Waals surface area contributed by atoms with Crippen molar-refractivity contribution in [2.24, 2.45) is 5.92 Å². The zero-order chi connectivity index (χ0) is 18.8. The standard InChI is InChI=1S/C23H28N2O2/c1-2-12-25-13-4-7-17-5-3-6-18(22(17)25)15-24-19-10-8-16(9-11-19)20-14-21(20)23(26)27/h3,5-6,8-11,20-21,24H,2,4,7,12-15H2,1H3,(H,26,27)/t20-,21+/m0/s1. The van der Waals surface area contributed by atoms with Crippen LogP contribution < -0.4 is 10.2 Å². The molecule has 4 heteroatoms. The van der Waals surface area contributed by atoms with Crippen LogP contribution in [0.25, 0.3) is 0 Å². The fourth-order valence-electron chi connectivity index (χ4n) is 4.34. The Labute approximate surface area is 161 Å². The quantitative estimate of drug-likeness (QED) is 0.751. The summed E-state index contributed by atoms with van der Waals surface area (Å²) in [6.45, 7) is 5.32. The van der Waals surface area contributed by atoms with Gasteiger partial charge in [-0.05, 0) is 60.4 Å². The first-order valence-corrected chi connectivity index (χ1v) is 10.1. The number of benzene rings is 2. The molecule has 142 valence electrons. The van der Waals surface area contributed by atoms with Crippen LogP contribution in [-0.2, 0) is 17.8 Å². The van der Waals surface area contributed by atoms with Gasteiger partial charge in [-0.1, -0.05) is 37.3 Å². The van der Waals surface area contributed by atoms with Gasteiger partial charge in [0.25, 0.3) is 0 Å². The number of fused-ring (bicyclic) bond motifs is 1. The van der Waals surface area contributed by atoms with Crippen LogP contribution in [0.2, 0.25) is 0 Å². The number of para-hydroxylation sites is 1. The molecule has 1 fully saturated rings. The Morgan fingerprint density at radius 3 is 2.74 bits per heavy atom. The lowest BCUT2D eigenvalue weighted by Gasteiger charge is -2.33. The molecule has 0 bridgehead atoms. The second-order valence-corrected chi connectivity index (χ2v) is 7.78. The first kappa shape index (κ1) is 17.9. The normalized spacial score (nSPS) is 20.9. The number of carboxylic acid groups (broad SMARTS) is 1. The predicted molar refractivity (Wildman–Crippen MR) is 110 cm³/mol. The number of nitrogens with one attached hydrogen (secondary N) is 1. The maximum Gasteiger partial charge on any atom is 0.307 e. The van der Waals surface area contributed by atoms with Gasteiger partial charge in [-0.2, -0.15) is 0 Å². The number of rotatable bonds is 7. The summed E-state index contributed by atoms with van der Waals surface area (Å²) in [5.41, 5.74) is 6.48. The number of carboxylic acids is 1. The van der Waals surface area contributed by atoms with Gasteiger partial charge >= 0.3 is 5.97 Å². The van der Waals surface area contributed by atoms with Crippen molar-refractivity contribution in [3.63, 3.8) is 0 Å². The van der Waals surface area contributed by atoms with Crippen molar-refractivity contribution in [1.29, 1.82) is 0 Å². The molecule has 4 rings (SSSR count). The minimum Gasteiger partial charge on any atom is -0.481 e. The SMILES string of the molecule is CCCN1CCCc2cccc(CNc3ccc([C@@H]4C[C@H]4C(=O)O)cc3)c21. The largest absolute Gasteiger partial charge is 0.481 e. The first-order valence-electron chi connectivity index (χ1n) is 10.1. The highest BCUT2D eigenvalue weighted by Crippen LogP contribution is 2.47. The van der Waals surface area contributed by atoms with Gasteiger partial charge in [0.05, 0.1) is 5.92 Å². The van der Waals surface area contributed by atoms with Gasteiger partial charge < -0.3 is 15.3 Å². The van der Waals surface area contributed by atoms with Crippen molar-refractivity contribution in [2.75, 3.05) is 23.3 Å². The molecule has 0 aromatic heterocycles. The van der Waals surface area contributed by atoms with E-state index < -0.39 is 5.97 Å². The number of aliphatic carboxylic acids is 1. The Morgan fingerprint density at radius 2 is 2.04 bits per heavy atom. The number of carbonyl (C=O) groups is 1. The summed E-state index contributed by atoms with van der Waals surface area (Å²) in [5.74, 6) is -0.669. The Kier molecular flexibility index (Phi) is 5.06. The van der Waals surface area contributed by atoms with Crippen LogP contribution in [0.5, 0.6) is 0 Å². The summed E-state index contributed by atoms with van der Waals surface area (Å²) in [6.07, 6.45) is 4.35. The van der Waals surface area contributed by atoms with E-state index in [0.717, 1.165) is 37.3 Å².